The lowest BCUT2D eigenvalue weighted by Crippen LogP contribution is -2.16. The predicted octanol–water partition coefficient (Wildman–Crippen LogP) is 3.95. The van der Waals surface area contributed by atoms with Gasteiger partial charge in [0.15, 0.2) is 0 Å². The summed E-state index contributed by atoms with van der Waals surface area (Å²) in [5.41, 5.74) is 1.10. The van der Waals surface area contributed by atoms with Gasteiger partial charge < -0.3 is 10.1 Å². The summed E-state index contributed by atoms with van der Waals surface area (Å²) in [7, 11) is 0. The zero-order valence-corrected chi connectivity index (χ0v) is 12.4. The fourth-order valence-electron chi connectivity index (χ4n) is 2.44. The van der Waals surface area contributed by atoms with Crippen molar-refractivity contribution in [1.82, 2.24) is 10.3 Å². The van der Waals surface area contributed by atoms with E-state index in [2.05, 4.69) is 17.2 Å². The van der Waals surface area contributed by atoms with E-state index in [1.165, 1.54) is 25.7 Å². The molecule has 0 spiro atoms. The van der Waals surface area contributed by atoms with Crippen LogP contribution >= 0.6 is 11.6 Å². The van der Waals surface area contributed by atoms with Crippen molar-refractivity contribution in [1.29, 1.82) is 0 Å². The summed E-state index contributed by atoms with van der Waals surface area (Å²) in [6.07, 6.45) is 9.52. The molecule has 1 aromatic heterocycles. The van der Waals surface area contributed by atoms with Crippen LogP contribution in [0.15, 0.2) is 12.3 Å². The monoisotopic (exact) mass is 282 g/mol. The van der Waals surface area contributed by atoms with E-state index >= 15 is 0 Å². The minimum absolute atomic E-state index is 0.284. The van der Waals surface area contributed by atoms with Crippen LogP contribution in [0.1, 0.15) is 51.0 Å². The Labute approximate surface area is 120 Å². The normalized spacial score (nSPS) is 17.2. The Morgan fingerprint density at radius 1 is 1.32 bits per heavy atom. The van der Waals surface area contributed by atoms with Crippen LogP contribution in [-0.2, 0) is 6.54 Å². The van der Waals surface area contributed by atoms with Gasteiger partial charge in [-0.2, -0.15) is 0 Å². The van der Waals surface area contributed by atoms with Gasteiger partial charge in [0.1, 0.15) is 11.1 Å². The van der Waals surface area contributed by atoms with Crippen molar-refractivity contribution >= 4 is 11.6 Å². The molecule has 1 saturated carbocycles. The second-order valence-corrected chi connectivity index (χ2v) is 5.55. The van der Waals surface area contributed by atoms with Gasteiger partial charge in [-0.05, 0) is 43.9 Å². The van der Waals surface area contributed by atoms with Crippen LogP contribution in [0, 0.1) is 0 Å². The van der Waals surface area contributed by atoms with E-state index in [4.69, 9.17) is 16.3 Å². The maximum atomic E-state index is 6.25. The van der Waals surface area contributed by atoms with E-state index in [9.17, 15) is 0 Å². The van der Waals surface area contributed by atoms with Crippen molar-refractivity contribution in [2.45, 2.75) is 58.1 Å². The van der Waals surface area contributed by atoms with Gasteiger partial charge in [-0.1, -0.05) is 31.4 Å². The highest BCUT2D eigenvalue weighted by Gasteiger charge is 2.16. The summed E-state index contributed by atoms with van der Waals surface area (Å²) in [4.78, 5) is 4.36. The van der Waals surface area contributed by atoms with Crippen LogP contribution in [0.4, 0.5) is 0 Å². The first kappa shape index (κ1) is 14.6. The summed E-state index contributed by atoms with van der Waals surface area (Å²) >= 11 is 6.25. The smallest absolute Gasteiger partial charge is 0.232 e. The number of nitrogens with one attached hydrogen (secondary N) is 1. The number of aromatic nitrogens is 1. The van der Waals surface area contributed by atoms with Crippen molar-refractivity contribution in [3.05, 3.63) is 22.8 Å². The van der Waals surface area contributed by atoms with E-state index in [0.29, 0.717) is 10.9 Å². The van der Waals surface area contributed by atoms with Gasteiger partial charge in [0.05, 0.1) is 0 Å². The SMILES string of the molecule is CCNCc1cnc(OC2CCCCCC2)c(Cl)c1. The zero-order valence-electron chi connectivity index (χ0n) is 11.6. The predicted molar refractivity (Wildman–Crippen MR) is 78.7 cm³/mol. The average Bonchev–Trinajstić information content (AvgIpc) is 2.68. The first-order valence-electron chi connectivity index (χ1n) is 7.31. The molecule has 1 heterocycles. The second-order valence-electron chi connectivity index (χ2n) is 5.14. The molecular formula is C15H23ClN2O. The van der Waals surface area contributed by atoms with Crippen molar-refractivity contribution < 1.29 is 4.74 Å². The topological polar surface area (TPSA) is 34.2 Å². The number of hydrogen-bond acceptors (Lipinski definition) is 3. The quantitative estimate of drug-likeness (QED) is 0.831. The summed E-state index contributed by atoms with van der Waals surface area (Å²) in [5, 5.41) is 3.89. The van der Waals surface area contributed by atoms with E-state index in [-0.39, 0.29) is 6.10 Å². The standard InChI is InChI=1S/C15H23ClN2O/c1-2-17-10-12-9-14(16)15(18-11-12)19-13-7-5-3-4-6-8-13/h9,11,13,17H,2-8,10H2,1H3. The Morgan fingerprint density at radius 2 is 2.05 bits per heavy atom. The van der Waals surface area contributed by atoms with Crippen molar-refractivity contribution in [3.63, 3.8) is 0 Å². The van der Waals surface area contributed by atoms with Crippen LogP contribution in [0.2, 0.25) is 5.02 Å². The minimum Gasteiger partial charge on any atom is -0.473 e. The van der Waals surface area contributed by atoms with E-state index < -0.39 is 0 Å². The number of ether oxygens (including phenoxy) is 1. The number of halogens is 1. The molecule has 0 amide bonds. The molecule has 1 aromatic rings. The molecule has 0 saturated heterocycles. The van der Waals surface area contributed by atoms with Crippen LogP contribution in [0.5, 0.6) is 5.88 Å². The lowest BCUT2D eigenvalue weighted by molar-refractivity contribution is 0.176. The molecule has 1 aliphatic rings. The molecule has 0 unspecified atom stereocenters. The van der Waals surface area contributed by atoms with Gasteiger partial charge in [-0.25, -0.2) is 4.98 Å². The fraction of sp³-hybridized carbons (Fsp3) is 0.667. The zero-order chi connectivity index (χ0) is 13.5. The Hall–Kier alpha value is -0.800. The number of rotatable bonds is 5. The second kappa shape index (κ2) is 7.71. The Kier molecular flexibility index (Phi) is 5.93. The largest absolute Gasteiger partial charge is 0.473 e. The molecule has 106 valence electrons. The molecule has 0 aromatic carbocycles. The van der Waals surface area contributed by atoms with Crippen LogP contribution in [0.3, 0.4) is 0 Å². The highest BCUT2D eigenvalue weighted by atomic mass is 35.5. The Morgan fingerprint density at radius 3 is 2.68 bits per heavy atom. The average molecular weight is 283 g/mol. The maximum absolute atomic E-state index is 6.25. The number of hydrogen-bond donors (Lipinski definition) is 1. The Balaban J connectivity index is 1.95. The van der Waals surface area contributed by atoms with Crippen molar-refractivity contribution in [3.8, 4) is 5.88 Å². The van der Waals surface area contributed by atoms with E-state index in [1.54, 1.807) is 0 Å². The summed E-state index contributed by atoms with van der Waals surface area (Å²) in [6, 6.07) is 1.95. The highest BCUT2D eigenvalue weighted by molar-refractivity contribution is 6.31. The molecule has 2 rings (SSSR count). The van der Waals surface area contributed by atoms with Gasteiger partial charge in [-0.15, -0.1) is 0 Å². The minimum atomic E-state index is 0.284. The molecule has 1 fully saturated rings. The number of nitrogens with zero attached hydrogens (tertiary/aromatic N) is 1. The lowest BCUT2D eigenvalue weighted by Gasteiger charge is -2.17. The molecule has 1 N–H and O–H groups in total. The molecule has 0 atom stereocenters. The fourth-order valence-corrected chi connectivity index (χ4v) is 2.67. The molecule has 0 radical (unpaired) electrons. The van der Waals surface area contributed by atoms with Crippen molar-refractivity contribution in [2.24, 2.45) is 0 Å². The summed E-state index contributed by atoms with van der Waals surface area (Å²) < 4.78 is 5.96. The molecule has 3 nitrogen and oxygen atoms in total. The van der Waals surface area contributed by atoms with E-state index in [1.807, 2.05) is 12.3 Å². The molecule has 1 aliphatic carbocycles. The summed E-state index contributed by atoms with van der Waals surface area (Å²) in [5.74, 6) is 0.591. The van der Waals surface area contributed by atoms with Gasteiger partial charge in [0.25, 0.3) is 0 Å². The molecular weight excluding hydrogens is 260 g/mol. The Bertz CT molecular complexity index is 390. The third kappa shape index (κ3) is 4.66. The van der Waals surface area contributed by atoms with Gasteiger partial charge in [-0.3, -0.25) is 0 Å². The van der Waals surface area contributed by atoms with Crippen LogP contribution in [0.25, 0.3) is 0 Å². The third-order valence-electron chi connectivity index (χ3n) is 3.52. The van der Waals surface area contributed by atoms with Crippen molar-refractivity contribution in [2.75, 3.05) is 6.54 Å². The van der Waals surface area contributed by atoms with Crippen LogP contribution in [-0.4, -0.2) is 17.6 Å². The van der Waals surface area contributed by atoms with Crippen LogP contribution < -0.4 is 10.1 Å². The first-order chi connectivity index (χ1) is 9.29. The van der Waals surface area contributed by atoms with Gasteiger partial charge in [0.2, 0.25) is 5.88 Å². The molecule has 0 bridgehead atoms. The molecule has 4 heteroatoms. The van der Waals surface area contributed by atoms with Gasteiger partial charge in [0, 0.05) is 12.7 Å². The number of pyridine rings is 1. The summed E-state index contributed by atoms with van der Waals surface area (Å²) in [6.45, 7) is 3.82. The third-order valence-corrected chi connectivity index (χ3v) is 3.79. The molecule has 19 heavy (non-hydrogen) atoms. The first-order valence-corrected chi connectivity index (χ1v) is 7.69. The lowest BCUT2D eigenvalue weighted by atomic mass is 10.1. The molecule has 0 aliphatic heterocycles. The van der Waals surface area contributed by atoms with E-state index in [0.717, 1.165) is 31.5 Å². The maximum Gasteiger partial charge on any atom is 0.232 e. The highest BCUT2D eigenvalue weighted by Crippen LogP contribution is 2.27. The van der Waals surface area contributed by atoms with Gasteiger partial charge >= 0.3 is 0 Å².